The summed E-state index contributed by atoms with van der Waals surface area (Å²) in [4.78, 5) is 2.24. The summed E-state index contributed by atoms with van der Waals surface area (Å²) in [5.41, 5.74) is 11.8. The third kappa shape index (κ3) is 4.24. The first-order valence-corrected chi connectivity index (χ1v) is 16.4. The lowest BCUT2D eigenvalue weighted by Gasteiger charge is -2.39. The van der Waals surface area contributed by atoms with E-state index in [-0.39, 0.29) is 5.41 Å². The topological polar surface area (TPSA) is 12.5 Å². The van der Waals surface area contributed by atoms with Crippen LogP contribution >= 0.6 is 23.2 Å². The molecule has 46 heavy (non-hydrogen) atoms. The molecule has 1 heterocycles. The smallest absolute Gasteiger partial charge is 0.132 e. The molecule has 0 unspecified atom stereocenters. The maximum Gasteiger partial charge on any atom is 0.132 e. The van der Waals surface area contributed by atoms with Crippen LogP contribution in [-0.4, -0.2) is 0 Å². The quantitative estimate of drug-likeness (QED) is 0.191. The van der Waals surface area contributed by atoms with E-state index in [9.17, 15) is 0 Å². The van der Waals surface area contributed by atoms with E-state index in [1.807, 2.05) is 18.2 Å². The average Bonchev–Trinajstić information content (AvgIpc) is 3.34. The van der Waals surface area contributed by atoms with Gasteiger partial charge in [0.15, 0.2) is 0 Å². The van der Waals surface area contributed by atoms with Gasteiger partial charge < -0.3 is 9.64 Å². The average molecular weight is 639 g/mol. The van der Waals surface area contributed by atoms with Gasteiger partial charge in [0.05, 0.1) is 21.1 Å². The van der Waals surface area contributed by atoms with Crippen LogP contribution in [0, 0.1) is 6.92 Å². The van der Waals surface area contributed by atoms with Crippen molar-refractivity contribution in [2.75, 3.05) is 4.90 Å². The van der Waals surface area contributed by atoms with Crippen molar-refractivity contribution in [2.45, 2.75) is 38.5 Å². The van der Waals surface area contributed by atoms with Crippen molar-refractivity contribution >= 4 is 40.3 Å². The first kappa shape index (κ1) is 28.9. The maximum atomic E-state index is 7.04. The van der Waals surface area contributed by atoms with Gasteiger partial charge in [-0.25, -0.2) is 0 Å². The third-order valence-electron chi connectivity index (χ3n) is 9.47. The summed E-state index contributed by atoms with van der Waals surface area (Å²) in [6.45, 7) is 8.76. The number of halogens is 2. The molecule has 4 heteroatoms. The highest BCUT2D eigenvalue weighted by molar-refractivity contribution is 6.44. The first-order chi connectivity index (χ1) is 22.2. The van der Waals surface area contributed by atoms with Crippen LogP contribution in [0.4, 0.5) is 17.1 Å². The molecule has 0 N–H and O–H groups in total. The second-order valence-corrected chi connectivity index (χ2v) is 14.1. The summed E-state index contributed by atoms with van der Waals surface area (Å²) in [5.74, 6) is 1.75. The summed E-state index contributed by atoms with van der Waals surface area (Å²) in [6, 6.07) is 45.3. The Hall–Kier alpha value is -4.50. The second kappa shape index (κ2) is 10.5. The number of benzene rings is 6. The van der Waals surface area contributed by atoms with Gasteiger partial charge in [-0.05, 0) is 94.3 Å². The molecule has 226 valence electrons. The minimum absolute atomic E-state index is 0.0310. The number of hydrogen-bond donors (Lipinski definition) is 0. The molecule has 0 amide bonds. The number of nitrogens with zero attached hydrogens (tertiary/aromatic N) is 1. The van der Waals surface area contributed by atoms with Crippen molar-refractivity contribution in [3.63, 3.8) is 0 Å². The predicted octanol–water partition coefficient (Wildman–Crippen LogP) is 12.5. The van der Waals surface area contributed by atoms with Crippen molar-refractivity contribution in [2.24, 2.45) is 0 Å². The molecule has 0 radical (unpaired) electrons. The predicted molar refractivity (Wildman–Crippen MR) is 192 cm³/mol. The summed E-state index contributed by atoms with van der Waals surface area (Å²) < 4.78 is 6.55. The Bertz CT molecular complexity index is 2110. The molecular weight excluding hydrogens is 605 g/mol. The highest BCUT2D eigenvalue weighted by atomic mass is 35.5. The Kier molecular flexibility index (Phi) is 6.62. The fraction of sp³-hybridized carbons (Fsp3) is 0.143. The molecule has 0 fully saturated rings. The van der Waals surface area contributed by atoms with Gasteiger partial charge in [0.25, 0.3) is 0 Å². The van der Waals surface area contributed by atoms with Gasteiger partial charge in [-0.1, -0.05) is 123 Å². The molecule has 6 aromatic rings. The molecule has 8 rings (SSSR count). The van der Waals surface area contributed by atoms with E-state index in [1.165, 1.54) is 27.8 Å². The molecule has 1 aliphatic heterocycles. The number of aryl methyl sites for hydroxylation is 1. The number of ether oxygens (including phenoxy) is 1. The lowest BCUT2D eigenvalue weighted by Crippen LogP contribution is -2.32. The summed E-state index contributed by atoms with van der Waals surface area (Å²) in [5, 5.41) is 1.05. The van der Waals surface area contributed by atoms with Crippen LogP contribution in [0.25, 0.3) is 11.1 Å². The van der Waals surface area contributed by atoms with E-state index in [0.29, 0.717) is 10.0 Å². The molecule has 6 aromatic carbocycles. The van der Waals surface area contributed by atoms with Crippen LogP contribution in [0.1, 0.15) is 54.2 Å². The van der Waals surface area contributed by atoms with Crippen molar-refractivity contribution in [1.29, 1.82) is 0 Å². The minimum atomic E-state index is -0.566. The Morgan fingerprint density at radius 3 is 1.80 bits per heavy atom. The zero-order chi connectivity index (χ0) is 31.8. The minimum Gasteiger partial charge on any atom is -0.457 e. The summed E-state index contributed by atoms with van der Waals surface area (Å²) in [6.07, 6.45) is 0. The van der Waals surface area contributed by atoms with Crippen LogP contribution in [0.15, 0.2) is 127 Å². The van der Waals surface area contributed by atoms with E-state index >= 15 is 0 Å². The third-order valence-corrected chi connectivity index (χ3v) is 10.3. The molecular formula is C42H33Cl2NO. The first-order valence-electron chi connectivity index (χ1n) is 15.7. The van der Waals surface area contributed by atoms with Crippen LogP contribution in [0.3, 0.4) is 0 Å². The van der Waals surface area contributed by atoms with Gasteiger partial charge >= 0.3 is 0 Å². The fourth-order valence-electron chi connectivity index (χ4n) is 7.39. The summed E-state index contributed by atoms with van der Waals surface area (Å²) in [7, 11) is 0. The van der Waals surface area contributed by atoms with Crippen LogP contribution < -0.4 is 9.64 Å². The normalized spacial score (nSPS) is 13.8. The molecule has 2 aliphatic rings. The molecule has 0 bridgehead atoms. The van der Waals surface area contributed by atoms with Crippen molar-refractivity contribution < 1.29 is 4.74 Å². The zero-order valence-electron chi connectivity index (χ0n) is 26.2. The summed E-state index contributed by atoms with van der Waals surface area (Å²) >= 11 is 13.8. The van der Waals surface area contributed by atoms with Gasteiger partial charge in [0.1, 0.15) is 11.5 Å². The molecule has 2 nitrogen and oxygen atoms in total. The molecule has 0 atom stereocenters. The van der Waals surface area contributed by atoms with Gasteiger partial charge in [-0.2, -0.15) is 0 Å². The molecule has 0 aromatic heterocycles. The lowest BCUT2D eigenvalue weighted by atomic mass is 9.66. The fourth-order valence-corrected chi connectivity index (χ4v) is 7.85. The molecule has 0 saturated carbocycles. The highest BCUT2D eigenvalue weighted by Crippen LogP contribution is 2.62. The van der Waals surface area contributed by atoms with Crippen LogP contribution in [0.5, 0.6) is 11.5 Å². The molecule has 0 saturated heterocycles. The van der Waals surface area contributed by atoms with Crippen molar-refractivity contribution in [3.8, 4) is 22.6 Å². The second-order valence-electron chi connectivity index (χ2n) is 13.3. The Morgan fingerprint density at radius 2 is 1.15 bits per heavy atom. The lowest BCUT2D eigenvalue weighted by molar-refractivity contribution is 0.436. The van der Waals surface area contributed by atoms with E-state index in [4.69, 9.17) is 27.9 Å². The van der Waals surface area contributed by atoms with E-state index in [2.05, 4.69) is 142 Å². The number of para-hydroxylation sites is 2. The Morgan fingerprint density at radius 1 is 0.587 bits per heavy atom. The number of anilines is 3. The molecule has 1 spiro atoms. The standard InChI is InChI=1S/C42H33Cl2NO/c1-26-23-36(43)40(44)37(24-26)45(28-19-17-27(18-20-28)41(2,3)4)29-21-22-31-30-11-5-6-12-32(30)42(35(31)25-29)33-13-7-9-15-38(33)46-39-16-10-8-14-34(39)42/h5-25H,1-4H3. The number of hydrogen-bond acceptors (Lipinski definition) is 2. The number of fused-ring (bicyclic) bond motifs is 9. The largest absolute Gasteiger partial charge is 0.457 e. The monoisotopic (exact) mass is 637 g/mol. The Balaban J connectivity index is 1.44. The number of rotatable bonds is 3. The van der Waals surface area contributed by atoms with Crippen LogP contribution in [-0.2, 0) is 10.8 Å². The van der Waals surface area contributed by atoms with Gasteiger partial charge in [-0.15, -0.1) is 0 Å². The van der Waals surface area contributed by atoms with E-state index in [1.54, 1.807) is 0 Å². The van der Waals surface area contributed by atoms with Crippen LogP contribution in [0.2, 0.25) is 10.0 Å². The van der Waals surface area contributed by atoms with E-state index in [0.717, 1.165) is 45.3 Å². The van der Waals surface area contributed by atoms with Gasteiger partial charge in [-0.3, -0.25) is 0 Å². The van der Waals surface area contributed by atoms with Gasteiger partial charge in [0, 0.05) is 22.5 Å². The highest BCUT2D eigenvalue weighted by Gasteiger charge is 2.51. The maximum absolute atomic E-state index is 7.04. The van der Waals surface area contributed by atoms with Crippen molar-refractivity contribution in [3.05, 3.63) is 171 Å². The SMILES string of the molecule is Cc1cc(Cl)c(Cl)c(N(c2ccc(C(C)(C)C)cc2)c2ccc3c(c2)C2(c4ccccc4Oc4ccccc42)c2ccccc2-3)c1. The van der Waals surface area contributed by atoms with Gasteiger partial charge in [0.2, 0.25) is 0 Å². The zero-order valence-corrected chi connectivity index (χ0v) is 27.7. The van der Waals surface area contributed by atoms with Crippen molar-refractivity contribution in [1.82, 2.24) is 0 Å². The Labute approximate surface area is 280 Å². The van der Waals surface area contributed by atoms with E-state index < -0.39 is 5.41 Å². The molecule has 1 aliphatic carbocycles.